The number of ether oxygens (including phenoxy) is 2. The molecule has 18 heavy (non-hydrogen) atoms. The van der Waals surface area contributed by atoms with E-state index < -0.39 is 6.10 Å². The van der Waals surface area contributed by atoms with E-state index in [1.165, 1.54) is 12.8 Å². The van der Waals surface area contributed by atoms with Crippen LogP contribution in [0.2, 0.25) is 0 Å². The third-order valence-corrected chi connectivity index (χ3v) is 3.39. The molecule has 0 spiro atoms. The lowest BCUT2D eigenvalue weighted by atomic mass is 10.1. The highest BCUT2D eigenvalue weighted by Crippen LogP contribution is 2.33. The third kappa shape index (κ3) is 2.94. The van der Waals surface area contributed by atoms with E-state index in [0.717, 1.165) is 18.4 Å². The van der Waals surface area contributed by atoms with Crippen molar-refractivity contribution in [1.82, 2.24) is 0 Å². The minimum atomic E-state index is -0.651. The number of methoxy groups -OCH3 is 1. The predicted octanol–water partition coefficient (Wildman–Crippen LogP) is 2.01. The zero-order valence-electron chi connectivity index (χ0n) is 10.8. The van der Waals surface area contributed by atoms with E-state index in [9.17, 15) is 5.11 Å². The summed E-state index contributed by atoms with van der Waals surface area (Å²) in [4.78, 5) is 0. The van der Waals surface area contributed by atoms with Crippen molar-refractivity contribution < 1.29 is 14.6 Å². The molecule has 1 aliphatic rings. The second-order valence-electron chi connectivity index (χ2n) is 4.69. The molecular formula is C14H21NO3. The molecule has 1 unspecified atom stereocenters. The lowest BCUT2D eigenvalue weighted by molar-refractivity contribution is 0.181. The van der Waals surface area contributed by atoms with Gasteiger partial charge in [-0.05, 0) is 43.4 Å². The van der Waals surface area contributed by atoms with Crippen LogP contribution in [0.15, 0.2) is 18.2 Å². The summed E-state index contributed by atoms with van der Waals surface area (Å²) in [5, 5.41) is 9.76. The molecule has 0 aliphatic heterocycles. The Labute approximate surface area is 108 Å². The molecule has 100 valence electrons. The Bertz CT molecular complexity index is 389. The molecular weight excluding hydrogens is 230 g/mol. The molecule has 4 heteroatoms. The summed E-state index contributed by atoms with van der Waals surface area (Å²) in [7, 11) is 1.62. The van der Waals surface area contributed by atoms with E-state index in [-0.39, 0.29) is 12.6 Å². The standard InChI is InChI=1S/C14H21NO3/c1-17-13-7-6-10(12(16)9-15)8-14(13)18-11-4-2-3-5-11/h6-8,11-12,16H,2-5,9,15H2,1H3. The van der Waals surface area contributed by atoms with E-state index in [1.807, 2.05) is 18.2 Å². The fraction of sp³-hybridized carbons (Fsp3) is 0.571. The Balaban J connectivity index is 2.18. The second-order valence-corrected chi connectivity index (χ2v) is 4.69. The molecule has 0 radical (unpaired) electrons. The summed E-state index contributed by atoms with van der Waals surface area (Å²) in [6.07, 6.45) is 4.24. The summed E-state index contributed by atoms with van der Waals surface area (Å²) in [5.74, 6) is 1.41. The van der Waals surface area contributed by atoms with Gasteiger partial charge < -0.3 is 20.3 Å². The second kappa shape index (κ2) is 6.07. The molecule has 1 fully saturated rings. The zero-order chi connectivity index (χ0) is 13.0. The van der Waals surface area contributed by atoms with E-state index >= 15 is 0 Å². The minimum Gasteiger partial charge on any atom is -0.493 e. The van der Waals surface area contributed by atoms with E-state index in [4.69, 9.17) is 15.2 Å². The van der Waals surface area contributed by atoms with Crippen LogP contribution >= 0.6 is 0 Å². The SMILES string of the molecule is COc1ccc(C(O)CN)cc1OC1CCCC1. The normalized spacial score (nSPS) is 17.7. The maximum Gasteiger partial charge on any atom is 0.161 e. The Hall–Kier alpha value is -1.26. The Morgan fingerprint density at radius 3 is 2.67 bits per heavy atom. The van der Waals surface area contributed by atoms with Gasteiger partial charge in [-0.1, -0.05) is 6.07 Å². The van der Waals surface area contributed by atoms with Gasteiger partial charge in [0.1, 0.15) is 0 Å². The molecule has 1 aromatic rings. The van der Waals surface area contributed by atoms with Gasteiger partial charge in [0.15, 0.2) is 11.5 Å². The Morgan fingerprint density at radius 2 is 2.06 bits per heavy atom. The van der Waals surface area contributed by atoms with Crippen molar-refractivity contribution in [3.05, 3.63) is 23.8 Å². The maximum atomic E-state index is 9.76. The van der Waals surface area contributed by atoms with Gasteiger partial charge in [0.2, 0.25) is 0 Å². The van der Waals surface area contributed by atoms with Crippen molar-refractivity contribution in [2.45, 2.75) is 37.9 Å². The number of hydrogen-bond acceptors (Lipinski definition) is 4. The number of rotatable bonds is 5. The molecule has 0 heterocycles. The van der Waals surface area contributed by atoms with Crippen LogP contribution in [0, 0.1) is 0 Å². The number of aliphatic hydroxyl groups excluding tert-OH is 1. The van der Waals surface area contributed by atoms with Gasteiger partial charge in [-0.25, -0.2) is 0 Å². The molecule has 1 aliphatic carbocycles. The highest BCUT2D eigenvalue weighted by Gasteiger charge is 2.19. The number of hydrogen-bond donors (Lipinski definition) is 2. The molecule has 1 atom stereocenters. The Morgan fingerprint density at radius 1 is 1.33 bits per heavy atom. The smallest absolute Gasteiger partial charge is 0.161 e. The van der Waals surface area contributed by atoms with Crippen molar-refractivity contribution in [3.8, 4) is 11.5 Å². The average molecular weight is 251 g/mol. The molecule has 1 aromatic carbocycles. The lowest BCUT2D eigenvalue weighted by Crippen LogP contribution is -2.14. The average Bonchev–Trinajstić information content (AvgIpc) is 2.90. The molecule has 2 rings (SSSR count). The zero-order valence-corrected chi connectivity index (χ0v) is 10.8. The van der Waals surface area contributed by atoms with Crippen molar-refractivity contribution in [2.24, 2.45) is 5.73 Å². The van der Waals surface area contributed by atoms with E-state index in [0.29, 0.717) is 11.5 Å². The molecule has 0 bridgehead atoms. The van der Waals surface area contributed by atoms with Crippen LogP contribution in [-0.4, -0.2) is 24.9 Å². The van der Waals surface area contributed by atoms with Gasteiger partial charge in [-0.2, -0.15) is 0 Å². The van der Waals surface area contributed by atoms with Crippen LogP contribution in [0.5, 0.6) is 11.5 Å². The van der Waals surface area contributed by atoms with Crippen LogP contribution in [0.4, 0.5) is 0 Å². The Kier molecular flexibility index (Phi) is 4.44. The van der Waals surface area contributed by atoms with Crippen LogP contribution in [-0.2, 0) is 0 Å². The van der Waals surface area contributed by atoms with Crippen molar-refractivity contribution in [3.63, 3.8) is 0 Å². The molecule has 0 amide bonds. The van der Waals surface area contributed by atoms with Gasteiger partial charge in [-0.3, -0.25) is 0 Å². The number of aliphatic hydroxyl groups is 1. The fourth-order valence-electron chi connectivity index (χ4n) is 2.31. The van der Waals surface area contributed by atoms with Gasteiger partial charge in [-0.15, -0.1) is 0 Å². The third-order valence-electron chi connectivity index (χ3n) is 3.39. The first-order chi connectivity index (χ1) is 8.74. The molecule has 1 saturated carbocycles. The first-order valence-corrected chi connectivity index (χ1v) is 6.47. The first-order valence-electron chi connectivity index (χ1n) is 6.47. The van der Waals surface area contributed by atoms with Crippen molar-refractivity contribution in [2.75, 3.05) is 13.7 Å². The van der Waals surface area contributed by atoms with E-state index in [1.54, 1.807) is 7.11 Å². The summed E-state index contributed by atoms with van der Waals surface area (Å²) in [6, 6.07) is 5.46. The summed E-state index contributed by atoms with van der Waals surface area (Å²) in [6.45, 7) is 0.204. The largest absolute Gasteiger partial charge is 0.493 e. The topological polar surface area (TPSA) is 64.7 Å². The van der Waals surface area contributed by atoms with Gasteiger partial charge in [0.25, 0.3) is 0 Å². The molecule has 0 aromatic heterocycles. The van der Waals surface area contributed by atoms with Crippen LogP contribution in [0.1, 0.15) is 37.4 Å². The summed E-state index contributed by atoms with van der Waals surface area (Å²) < 4.78 is 11.2. The van der Waals surface area contributed by atoms with Crippen LogP contribution in [0.25, 0.3) is 0 Å². The number of nitrogens with two attached hydrogens (primary N) is 1. The van der Waals surface area contributed by atoms with Crippen LogP contribution < -0.4 is 15.2 Å². The van der Waals surface area contributed by atoms with Gasteiger partial charge >= 0.3 is 0 Å². The van der Waals surface area contributed by atoms with Gasteiger partial charge in [0.05, 0.1) is 19.3 Å². The van der Waals surface area contributed by atoms with E-state index in [2.05, 4.69) is 0 Å². The highest BCUT2D eigenvalue weighted by atomic mass is 16.5. The van der Waals surface area contributed by atoms with Crippen molar-refractivity contribution in [1.29, 1.82) is 0 Å². The predicted molar refractivity (Wildman–Crippen MR) is 69.9 cm³/mol. The molecule has 3 N–H and O–H groups in total. The van der Waals surface area contributed by atoms with Crippen LogP contribution in [0.3, 0.4) is 0 Å². The first kappa shape index (κ1) is 13.2. The fourth-order valence-corrected chi connectivity index (χ4v) is 2.31. The summed E-state index contributed by atoms with van der Waals surface area (Å²) in [5.41, 5.74) is 6.24. The molecule has 4 nitrogen and oxygen atoms in total. The summed E-state index contributed by atoms with van der Waals surface area (Å²) >= 11 is 0. The minimum absolute atomic E-state index is 0.204. The quantitative estimate of drug-likeness (QED) is 0.840. The van der Waals surface area contributed by atoms with Crippen molar-refractivity contribution >= 4 is 0 Å². The van der Waals surface area contributed by atoms with Gasteiger partial charge in [0, 0.05) is 6.54 Å². The maximum absolute atomic E-state index is 9.76. The monoisotopic (exact) mass is 251 g/mol. The highest BCUT2D eigenvalue weighted by molar-refractivity contribution is 5.43. The molecule has 0 saturated heterocycles. The lowest BCUT2D eigenvalue weighted by Gasteiger charge is -2.18. The number of benzene rings is 1.